The van der Waals surface area contributed by atoms with Crippen molar-refractivity contribution >= 4 is 22.8 Å². The molecule has 2 aromatic heterocycles. The highest BCUT2D eigenvalue weighted by Crippen LogP contribution is 2.20. The summed E-state index contributed by atoms with van der Waals surface area (Å²) in [6, 6.07) is 10.4. The first-order valence-corrected chi connectivity index (χ1v) is 7.55. The van der Waals surface area contributed by atoms with E-state index in [9.17, 15) is 9.59 Å². The van der Waals surface area contributed by atoms with E-state index in [-0.39, 0.29) is 12.3 Å². The number of carboxylic acids is 1. The Labute approximate surface area is 138 Å². The number of aromatic amines is 1. The van der Waals surface area contributed by atoms with Crippen molar-refractivity contribution in [3.63, 3.8) is 0 Å². The summed E-state index contributed by atoms with van der Waals surface area (Å²) < 4.78 is 0. The smallest absolute Gasteiger partial charge is 0.305 e. The molecule has 0 aliphatic rings. The fourth-order valence-corrected chi connectivity index (χ4v) is 2.67. The maximum atomic E-state index is 12.5. The maximum Gasteiger partial charge on any atom is 0.305 e. The number of hydrogen-bond acceptors (Lipinski definition) is 3. The van der Waals surface area contributed by atoms with Crippen LogP contribution in [0.25, 0.3) is 10.9 Å². The Morgan fingerprint density at radius 3 is 2.79 bits per heavy atom. The lowest BCUT2D eigenvalue weighted by Crippen LogP contribution is -2.30. The molecule has 0 saturated carbocycles. The summed E-state index contributed by atoms with van der Waals surface area (Å²) in [5, 5.41) is 12.8. The molecular weight excluding hydrogens is 306 g/mol. The summed E-state index contributed by atoms with van der Waals surface area (Å²) in [4.78, 5) is 30.7. The van der Waals surface area contributed by atoms with Crippen molar-refractivity contribution in [2.75, 3.05) is 0 Å². The van der Waals surface area contributed by atoms with E-state index in [1.807, 2.05) is 25.1 Å². The molecule has 0 radical (unpaired) electrons. The molecule has 1 aromatic carbocycles. The molecule has 1 atom stereocenters. The largest absolute Gasteiger partial charge is 0.481 e. The molecule has 3 N–H and O–H groups in total. The second-order valence-electron chi connectivity index (χ2n) is 5.63. The van der Waals surface area contributed by atoms with Gasteiger partial charge in [0.1, 0.15) is 5.69 Å². The fourth-order valence-electron chi connectivity index (χ4n) is 2.67. The number of para-hydroxylation sites is 1. The lowest BCUT2D eigenvalue weighted by atomic mass is 10.1. The summed E-state index contributed by atoms with van der Waals surface area (Å²) in [6.45, 7) is 1.96. The van der Waals surface area contributed by atoms with Gasteiger partial charge in [0.05, 0.1) is 12.5 Å². The van der Waals surface area contributed by atoms with Crippen LogP contribution < -0.4 is 5.32 Å². The standard InChI is InChI=1S/C18H17N3O3/c1-11-4-2-5-12-8-15(20-17(11)12)18(24)21-14(9-16(22)23)13-6-3-7-19-10-13/h2-8,10,14,20H,9H2,1H3,(H,21,24)(H,22,23)/t14-/m1/s1. The van der Waals surface area contributed by atoms with Gasteiger partial charge < -0.3 is 15.4 Å². The molecule has 24 heavy (non-hydrogen) atoms. The maximum absolute atomic E-state index is 12.5. The van der Waals surface area contributed by atoms with Crippen LogP contribution in [0.2, 0.25) is 0 Å². The van der Waals surface area contributed by atoms with Crippen LogP contribution in [0.5, 0.6) is 0 Å². The summed E-state index contributed by atoms with van der Waals surface area (Å²) in [5.41, 5.74) is 3.00. The molecular formula is C18H17N3O3. The van der Waals surface area contributed by atoms with Gasteiger partial charge in [-0.2, -0.15) is 0 Å². The van der Waals surface area contributed by atoms with Gasteiger partial charge in [0.25, 0.3) is 5.91 Å². The summed E-state index contributed by atoms with van der Waals surface area (Å²) >= 11 is 0. The topological polar surface area (TPSA) is 95.1 Å². The quantitative estimate of drug-likeness (QED) is 0.673. The first-order chi connectivity index (χ1) is 11.5. The van der Waals surface area contributed by atoms with E-state index in [2.05, 4.69) is 15.3 Å². The summed E-state index contributed by atoms with van der Waals surface area (Å²) in [5.74, 6) is -1.34. The third kappa shape index (κ3) is 3.27. The number of carboxylic acid groups (broad SMARTS) is 1. The second kappa shape index (κ2) is 6.54. The van der Waals surface area contributed by atoms with Gasteiger partial charge in [-0.05, 0) is 30.2 Å². The Hall–Kier alpha value is -3.15. The minimum Gasteiger partial charge on any atom is -0.481 e. The number of fused-ring (bicyclic) bond motifs is 1. The number of nitrogens with zero attached hydrogens (tertiary/aromatic N) is 1. The van der Waals surface area contributed by atoms with Crippen molar-refractivity contribution in [3.05, 3.63) is 65.6 Å². The van der Waals surface area contributed by atoms with E-state index in [0.717, 1.165) is 16.5 Å². The van der Waals surface area contributed by atoms with E-state index >= 15 is 0 Å². The summed E-state index contributed by atoms with van der Waals surface area (Å²) in [7, 11) is 0. The van der Waals surface area contributed by atoms with Gasteiger partial charge in [0.2, 0.25) is 0 Å². The third-order valence-electron chi connectivity index (χ3n) is 3.88. The number of hydrogen-bond donors (Lipinski definition) is 3. The first-order valence-electron chi connectivity index (χ1n) is 7.55. The number of aliphatic carboxylic acids is 1. The average molecular weight is 323 g/mol. The molecule has 6 heteroatoms. The zero-order valence-corrected chi connectivity index (χ0v) is 13.1. The van der Waals surface area contributed by atoms with E-state index in [0.29, 0.717) is 11.3 Å². The zero-order chi connectivity index (χ0) is 17.1. The molecule has 3 rings (SSSR count). The molecule has 0 bridgehead atoms. The van der Waals surface area contributed by atoms with Crippen molar-refractivity contribution in [2.45, 2.75) is 19.4 Å². The van der Waals surface area contributed by atoms with E-state index in [1.165, 1.54) is 0 Å². The first kappa shape index (κ1) is 15.7. The lowest BCUT2D eigenvalue weighted by Gasteiger charge is -2.16. The molecule has 1 amide bonds. The molecule has 0 aliphatic heterocycles. The van der Waals surface area contributed by atoms with Crippen LogP contribution in [0.4, 0.5) is 0 Å². The Balaban J connectivity index is 1.87. The SMILES string of the molecule is Cc1cccc2cc(C(=O)N[C@H](CC(=O)O)c3cccnc3)[nH]c12. The molecule has 0 aliphatic carbocycles. The van der Waals surface area contributed by atoms with Crippen molar-refractivity contribution in [1.29, 1.82) is 0 Å². The predicted octanol–water partition coefficient (Wildman–Crippen LogP) is 2.82. The van der Waals surface area contributed by atoms with Crippen LogP contribution in [0.3, 0.4) is 0 Å². The normalized spacial score (nSPS) is 12.0. The number of carbonyl (C=O) groups is 2. The van der Waals surface area contributed by atoms with Crippen LogP contribution >= 0.6 is 0 Å². The van der Waals surface area contributed by atoms with Crippen molar-refractivity contribution in [2.24, 2.45) is 0 Å². The lowest BCUT2D eigenvalue weighted by molar-refractivity contribution is -0.137. The number of rotatable bonds is 5. The van der Waals surface area contributed by atoms with E-state index in [4.69, 9.17) is 5.11 Å². The van der Waals surface area contributed by atoms with E-state index in [1.54, 1.807) is 30.6 Å². The summed E-state index contributed by atoms with van der Waals surface area (Å²) in [6.07, 6.45) is 2.95. The molecule has 0 fully saturated rings. The Morgan fingerprint density at radius 2 is 2.12 bits per heavy atom. The molecule has 0 unspecified atom stereocenters. The number of carbonyl (C=O) groups excluding carboxylic acids is 1. The van der Waals surface area contributed by atoms with Crippen molar-refractivity contribution < 1.29 is 14.7 Å². The van der Waals surface area contributed by atoms with Gasteiger partial charge >= 0.3 is 5.97 Å². The number of amides is 1. The molecule has 0 saturated heterocycles. The fraction of sp³-hybridized carbons (Fsp3) is 0.167. The van der Waals surface area contributed by atoms with Gasteiger partial charge in [0, 0.05) is 23.3 Å². The Bertz CT molecular complexity index is 887. The van der Waals surface area contributed by atoms with Gasteiger partial charge in [-0.25, -0.2) is 0 Å². The monoisotopic (exact) mass is 323 g/mol. The second-order valence-corrected chi connectivity index (χ2v) is 5.63. The molecule has 6 nitrogen and oxygen atoms in total. The number of pyridine rings is 1. The minimum atomic E-state index is -0.989. The number of aryl methyl sites for hydroxylation is 1. The van der Waals surface area contributed by atoms with Crippen LogP contribution in [0.15, 0.2) is 48.8 Å². The van der Waals surface area contributed by atoms with Crippen LogP contribution in [0.1, 0.15) is 34.1 Å². The Morgan fingerprint density at radius 1 is 1.29 bits per heavy atom. The minimum absolute atomic E-state index is 0.212. The zero-order valence-electron chi connectivity index (χ0n) is 13.1. The Kier molecular flexibility index (Phi) is 4.29. The van der Waals surface area contributed by atoms with E-state index < -0.39 is 12.0 Å². The number of H-pyrrole nitrogens is 1. The molecule has 122 valence electrons. The van der Waals surface area contributed by atoms with Gasteiger partial charge in [-0.1, -0.05) is 24.3 Å². The van der Waals surface area contributed by atoms with Gasteiger partial charge in [0.15, 0.2) is 0 Å². The average Bonchev–Trinajstić information content (AvgIpc) is 3.00. The third-order valence-corrected chi connectivity index (χ3v) is 3.88. The van der Waals surface area contributed by atoms with Crippen LogP contribution in [-0.2, 0) is 4.79 Å². The highest BCUT2D eigenvalue weighted by Gasteiger charge is 2.20. The van der Waals surface area contributed by atoms with Gasteiger partial charge in [-0.15, -0.1) is 0 Å². The molecule has 0 spiro atoms. The molecule has 3 aromatic rings. The van der Waals surface area contributed by atoms with Crippen molar-refractivity contribution in [3.8, 4) is 0 Å². The predicted molar refractivity (Wildman–Crippen MR) is 89.7 cm³/mol. The number of nitrogens with one attached hydrogen (secondary N) is 2. The highest BCUT2D eigenvalue weighted by atomic mass is 16.4. The molecule has 2 heterocycles. The van der Waals surface area contributed by atoms with Crippen LogP contribution in [0, 0.1) is 6.92 Å². The number of benzene rings is 1. The van der Waals surface area contributed by atoms with Crippen LogP contribution in [-0.4, -0.2) is 27.0 Å². The van der Waals surface area contributed by atoms with Gasteiger partial charge in [-0.3, -0.25) is 14.6 Å². The highest BCUT2D eigenvalue weighted by molar-refractivity contribution is 5.99. The number of aromatic nitrogens is 2. The van der Waals surface area contributed by atoms with Crippen molar-refractivity contribution in [1.82, 2.24) is 15.3 Å².